The molecule has 4 aromatic carbocycles. The van der Waals surface area contributed by atoms with Crippen LogP contribution in [0.3, 0.4) is 0 Å². The highest BCUT2D eigenvalue weighted by atomic mass is 16.5. The van der Waals surface area contributed by atoms with Crippen molar-refractivity contribution in [3.05, 3.63) is 141 Å². The highest BCUT2D eigenvalue weighted by molar-refractivity contribution is 5.99. The van der Waals surface area contributed by atoms with E-state index in [1.807, 2.05) is 48.5 Å². The van der Waals surface area contributed by atoms with Crippen molar-refractivity contribution >= 4 is 35.1 Å². The van der Waals surface area contributed by atoms with Gasteiger partial charge in [-0.15, -0.1) is 0 Å². The molecule has 8 bridgehead atoms. The lowest BCUT2D eigenvalue weighted by Gasteiger charge is -2.25. The summed E-state index contributed by atoms with van der Waals surface area (Å²) in [5.41, 5.74) is 6.79. The first kappa shape index (κ1) is 67.9. The first-order chi connectivity index (χ1) is 40.8. The minimum atomic E-state index is -0.566. The Balaban J connectivity index is 1.99. The SMILES string of the molecule is C=CC(=O)OCCCOc1c2cc(C(=O)CCCCC)cc1Cc1cc(C(=O)CCCCC)cc(c1OCCCO)Cc1cc(C(=O)CCCCC)cc(c1OCCCOC(=O)C=C)Cc1cc(C(=O)CCCCC)cc(c1OCCCO)C2. The Hall–Kier alpha value is -6.90. The molecule has 456 valence electrons. The first-order valence-corrected chi connectivity index (χ1v) is 30.9. The molecule has 0 saturated carbocycles. The van der Waals surface area contributed by atoms with Gasteiger partial charge in [0.25, 0.3) is 0 Å². The molecule has 0 amide bonds. The molecule has 0 saturated heterocycles. The number of fused-ring (bicyclic) bond motifs is 8. The predicted molar refractivity (Wildman–Crippen MR) is 328 cm³/mol. The second-order valence-corrected chi connectivity index (χ2v) is 21.7. The Morgan fingerprint density at radius 1 is 0.357 bits per heavy atom. The molecule has 0 spiro atoms. The second-order valence-electron chi connectivity index (χ2n) is 21.7. The van der Waals surface area contributed by atoms with Crippen LogP contribution in [0.4, 0.5) is 0 Å². The zero-order chi connectivity index (χ0) is 60.6. The van der Waals surface area contributed by atoms with Gasteiger partial charge < -0.3 is 38.6 Å². The molecule has 0 heterocycles. The molecule has 2 N–H and O–H groups in total. The van der Waals surface area contributed by atoms with Crippen molar-refractivity contribution in [3.63, 3.8) is 0 Å². The highest BCUT2D eigenvalue weighted by Gasteiger charge is 2.28. The van der Waals surface area contributed by atoms with E-state index in [4.69, 9.17) is 28.4 Å². The van der Waals surface area contributed by atoms with Crippen LogP contribution in [0.25, 0.3) is 0 Å². The maximum atomic E-state index is 14.6. The number of aliphatic hydroxyl groups is 2. The molecular formula is C70H92O14. The monoisotopic (exact) mass is 1160 g/mol. The summed E-state index contributed by atoms with van der Waals surface area (Å²) >= 11 is 0. The minimum Gasteiger partial charge on any atom is -0.493 e. The molecule has 1 aliphatic carbocycles. The number of unbranched alkanes of at least 4 members (excludes halogenated alkanes) is 8. The van der Waals surface area contributed by atoms with Gasteiger partial charge in [0.1, 0.15) is 23.0 Å². The van der Waals surface area contributed by atoms with E-state index in [0.717, 1.165) is 63.5 Å². The van der Waals surface area contributed by atoms with Gasteiger partial charge in [-0.3, -0.25) is 19.2 Å². The zero-order valence-corrected chi connectivity index (χ0v) is 50.6. The molecule has 1 aliphatic rings. The topological polar surface area (TPSA) is 198 Å². The number of ketones is 4. The number of esters is 2. The van der Waals surface area contributed by atoms with Gasteiger partial charge in [-0.05, 0) is 119 Å². The number of aliphatic hydroxyl groups excluding tert-OH is 2. The Labute approximate surface area is 498 Å². The lowest BCUT2D eigenvalue weighted by molar-refractivity contribution is -0.138. The number of rotatable bonds is 40. The third kappa shape index (κ3) is 21.3. The van der Waals surface area contributed by atoms with Crippen molar-refractivity contribution in [1.82, 2.24) is 0 Å². The van der Waals surface area contributed by atoms with Crippen molar-refractivity contribution in [1.29, 1.82) is 0 Å². The molecule has 4 aromatic rings. The Bertz CT molecular complexity index is 2550. The molecule has 0 aliphatic heterocycles. The molecule has 0 radical (unpaired) electrons. The average molecular weight is 1160 g/mol. The summed E-state index contributed by atoms with van der Waals surface area (Å²) in [7, 11) is 0. The summed E-state index contributed by atoms with van der Waals surface area (Å²) in [6.45, 7) is 15.6. The number of benzene rings is 4. The van der Waals surface area contributed by atoms with Crippen LogP contribution >= 0.6 is 0 Å². The van der Waals surface area contributed by atoms with E-state index in [2.05, 4.69) is 40.9 Å². The fraction of sp³-hybridized carbons (Fsp3) is 0.514. The molecule has 14 nitrogen and oxygen atoms in total. The van der Waals surface area contributed by atoms with Gasteiger partial charge in [-0.25, -0.2) is 9.59 Å². The largest absolute Gasteiger partial charge is 0.493 e. The third-order valence-electron chi connectivity index (χ3n) is 14.8. The van der Waals surface area contributed by atoms with Crippen LogP contribution in [0, 0.1) is 0 Å². The van der Waals surface area contributed by atoms with Gasteiger partial charge >= 0.3 is 11.9 Å². The highest BCUT2D eigenvalue weighted by Crippen LogP contribution is 2.42. The molecule has 0 fully saturated rings. The molecule has 5 rings (SSSR count). The fourth-order valence-corrected chi connectivity index (χ4v) is 10.4. The second kappa shape index (κ2) is 37.4. The van der Waals surface area contributed by atoms with Gasteiger partial charge in [0, 0.05) is 125 Å². The Morgan fingerprint density at radius 3 is 0.786 bits per heavy atom. The smallest absolute Gasteiger partial charge is 0.330 e. The number of ether oxygens (including phenoxy) is 6. The summed E-state index contributed by atoms with van der Waals surface area (Å²) in [5, 5.41) is 20.3. The van der Waals surface area contributed by atoms with E-state index < -0.39 is 11.9 Å². The fourth-order valence-electron chi connectivity index (χ4n) is 10.4. The number of hydrogen-bond acceptors (Lipinski definition) is 14. The molecule has 84 heavy (non-hydrogen) atoms. The summed E-state index contributed by atoms with van der Waals surface area (Å²) < 4.78 is 38.1. The van der Waals surface area contributed by atoms with Gasteiger partial charge in [0.05, 0.1) is 39.6 Å². The van der Waals surface area contributed by atoms with E-state index in [9.17, 15) is 39.0 Å². The number of carbonyl (C=O) groups is 6. The van der Waals surface area contributed by atoms with Crippen LogP contribution in [0.5, 0.6) is 23.0 Å². The lowest BCUT2D eigenvalue weighted by atomic mass is 9.86. The summed E-state index contributed by atoms with van der Waals surface area (Å²) in [4.78, 5) is 82.6. The minimum absolute atomic E-state index is 0.0486. The van der Waals surface area contributed by atoms with Crippen LogP contribution in [-0.2, 0) is 44.7 Å². The summed E-state index contributed by atoms with van der Waals surface area (Å²) in [5.74, 6) is 0.455. The van der Waals surface area contributed by atoms with E-state index in [0.29, 0.717) is 167 Å². The van der Waals surface area contributed by atoms with Gasteiger partial charge in [-0.2, -0.15) is 0 Å². The van der Waals surface area contributed by atoms with Crippen LogP contribution in [0.1, 0.15) is 242 Å². The summed E-state index contributed by atoms with van der Waals surface area (Å²) in [6.07, 6.45) is 14.9. The Kier molecular flexibility index (Phi) is 30.2. The van der Waals surface area contributed by atoms with E-state index in [1.165, 1.54) is 0 Å². The molecule has 0 atom stereocenters. The van der Waals surface area contributed by atoms with Crippen molar-refractivity contribution in [2.75, 3.05) is 52.9 Å². The van der Waals surface area contributed by atoms with Crippen LogP contribution < -0.4 is 18.9 Å². The van der Waals surface area contributed by atoms with E-state index in [-0.39, 0.29) is 102 Å². The zero-order valence-electron chi connectivity index (χ0n) is 50.6. The third-order valence-corrected chi connectivity index (χ3v) is 14.8. The molecular weight excluding hydrogens is 1060 g/mol. The number of hydrogen-bond donors (Lipinski definition) is 2. The average Bonchev–Trinajstić information content (AvgIpc) is 2.08. The summed E-state index contributed by atoms with van der Waals surface area (Å²) in [6, 6.07) is 14.9. The van der Waals surface area contributed by atoms with Crippen molar-refractivity contribution in [2.45, 2.75) is 182 Å². The lowest BCUT2D eigenvalue weighted by Crippen LogP contribution is -2.15. The van der Waals surface area contributed by atoms with Crippen LogP contribution in [0.2, 0.25) is 0 Å². The van der Waals surface area contributed by atoms with E-state index >= 15 is 0 Å². The number of carbonyl (C=O) groups excluding carboxylic acids is 6. The van der Waals surface area contributed by atoms with Gasteiger partial charge in [0.15, 0.2) is 23.1 Å². The van der Waals surface area contributed by atoms with Crippen molar-refractivity contribution < 1.29 is 67.4 Å². The predicted octanol–water partition coefficient (Wildman–Crippen LogP) is 13.9. The standard InChI is InChI=1S/C70H92O14/c1-7-13-17-25-61(73)49-37-53-45-57-41-51(63(75)27-19-15-9-3)43-59(69(57)83-35-23-33-79-65(77)11-5)47-55-39-50(62(74)26-18-14-8-2)40-56(68(55)82-32-22-30-72)48-60-44-52(64(76)28-20-16-10-4)42-58(46-54(38-49)67(53)81-31-21-29-71)70(60)84-36-24-34-80-66(78)12-6/h11-12,37-44,71-72H,5-10,13-36,45-48H2,1-4H3. The van der Waals surface area contributed by atoms with Gasteiger partial charge in [-0.1, -0.05) is 92.2 Å². The maximum absolute atomic E-state index is 14.6. The van der Waals surface area contributed by atoms with Crippen molar-refractivity contribution in [2.24, 2.45) is 0 Å². The van der Waals surface area contributed by atoms with Gasteiger partial charge in [0.2, 0.25) is 0 Å². The number of Topliss-reactive ketones (excluding diaryl/α,β-unsaturated/α-hetero) is 4. The van der Waals surface area contributed by atoms with Crippen LogP contribution in [-0.4, -0.2) is 98.1 Å². The molecule has 0 aromatic heterocycles. The first-order valence-electron chi connectivity index (χ1n) is 30.9. The molecule has 14 heteroatoms. The quantitative estimate of drug-likeness (QED) is 0.0162. The normalized spacial score (nSPS) is 11.8. The molecule has 0 unspecified atom stereocenters. The van der Waals surface area contributed by atoms with E-state index in [1.54, 1.807) is 0 Å². The van der Waals surface area contributed by atoms with Crippen LogP contribution in [0.15, 0.2) is 73.8 Å². The van der Waals surface area contributed by atoms with Crippen molar-refractivity contribution in [3.8, 4) is 23.0 Å². The Morgan fingerprint density at radius 2 is 0.583 bits per heavy atom. The maximum Gasteiger partial charge on any atom is 0.330 e.